The van der Waals surface area contributed by atoms with Crippen LogP contribution in [0.2, 0.25) is 0 Å². The second kappa shape index (κ2) is 21.7. The van der Waals surface area contributed by atoms with Gasteiger partial charge in [-0.25, -0.2) is 0 Å². The van der Waals surface area contributed by atoms with E-state index in [0.29, 0.717) is 0 Å². The number of benzene rings is 16. The molecular weight excluding hydrogens is 1310 g/mol. The van der Waals surface area contributed by atoms with Crippen LogP contribution in [-0.4, -0.2) is 22.6 Å². The molecule has 4 aliphatic rings. The summed E-state index contributed by atoms with van der Waals surface area (Å²) >= 11 is 3.78. The van der Waals surface area contributed by atoms with Crippen LogP contribution in [0.5, 0.6) is 0 Å². The summed E-state index contributed by atoms with van der Waals surface area (Å²) in [6, 6.07) is 135. The van der Waals surface area contributed by atoms with Gasteiger partial charge in [-0.15, -0.1) is 22.7 Å². The monoisotopic (exact) mass is 1360 g/mol. The van der Waals surface area contributed by atoms with E-state index in [4.69, 9.17) is 0 Å². The van der Waals surface area contributed by atoms with Gasteiger partial charge in [0.05, 0.1) is 27.5 Å². The molecule has 8 heteroatoms. The highest BCUT2D eigenvalue weighted by Crippen LogP contribution is 2.67. The number of hydrogen-bond acceptors (Lipinski definition) is 4. The Bertz CT molecular complexity index is 7120. The first kappa shape index (κ1) is 57.9. The van der Waals surface area contributed by atoms with Crippen molar-refractivity contribution in [3.05, 3.63) is 374 Å². The van der Waals surface area contributed by atoms with Gasteiger partial charge in [0, 0.05) is 119 Å². The van der Waals surface area contributed by atoms with Crippen LogP contribution >= 0.6 is 22.7 Å². The highest BCUT2D eigenvalue weighted by Gasteiger charge is 2.56. The minimum atomic E-state index is -0.855. The summed E-state index contributed by atoms with van der Waals surface area (Å²) in [5.74, 6) is 0. The Labute approximate surface area is 614 Å². The molecule has 1 unspecified atom stereocenters. The van der Waals surface area contributed by atoms with E-state index in [1.54, 1.807) is 0 Å². The predicted octanol–water partition coefficient (Wildman–Crippen LogP) is 21.6. The molecule has 1 spiro atoms. The number of nitrogens with zero attached hydrogens (tertiary/aromatic N) is 4. The predicted molar refractivity (Wildman–Crippen MR) is 449 cm³/mol. The third-order valence-corrected chi connectivity index (χ3v) is 26.0. The lowest BCUT2D eigenvalue weighted by molar-refractivity contribution is 0.793. The SMILES string of the molecule is c1ccc(B2c3ccccc3N(c3ccccc3)c3c2ccc2c3-c3cc(-n4c5ccccc5c5cc6c(cc54)sc4ccccc46)ccc3C23c2ccc(-n4c5ccccc5c5cc6sc7ccccc7c6cc54)cc2-c2c3ccc3c2N(c2ccccc2)c2ccccc2B3c2ccccc2)cc1. The Morgan fingerprint density at radius 3 is 1.13 bits per heavy atom. The minimum Gasteiger partial charge on any atom is -0.311 e. The van der Waals surface area contributed by atoms with Gasteiger partial charge in [-0.2, -0.15) is 0 Å². The molecule has 24 rings (SSSR count). The first-order valence-corrected chi connectivity index (χ1v) is 38.1. The van der Waals surface area contributed by atoms with Crippen molar-refractivity contribution in [2.24, 2.45) is 0 Å². The second-order valence-electron chi connectivity index (χ2n) is 28.8. The fourth-order valence-corrected chi connectivity index (χ4v) is 21.9. The zero-order valence-corrected chi connectivity index (χ0v) is 58.4. The van der Waals surface area contributed by atoms with Crippen molar-refractivity contribution in [2.45, 2.75) is 5.41 Å². The number of thiophene rings is 2. The molecule has 484 valence electrons. The zero-order chi connectivity index (χ0) is 68.3. The Balaban J connectivity index is 0.863. The van der Waals surface area contributed by atoms with Crippen LogP contribution < -0.4 is 42.6 Å². The molecule has 2 aliphatic heterocycles. The van der Waals surface area contributed by atoms with Gasteiger partial charge in [0.2, 0.25) is 13.4 Å². The van der Waals surface area contributed by atoms with Crippen LogP contribution in [0.15, 0.2) is 352 Å². The van der Waals surface area contributed by atoms with Crippen molar-refractivity contribution in [3.63, 3.8) is 0 Å². The fraction of sp³-hybridized carbons (Fsp3) is 0.0103. The van der Waals surface area contributed by atoms with Crippen LogP contribution in [-0.2, 0) is 5.41 Å². The maximum Gasteiger partial charge on any atom is 0.246 e. The highest BCUT2D eigenvalue weighted by molar-refractivity contribution is 7.26. The number of anilines is 6. The van der Waals surface area contributed by atoms with Crippen LogP contribution in [0.3, 0.4) is 0 Å². The van der Waals surface area contributed by atoms with E-state index in [-0.39, 0.29) is 13.4 Å². The van der Waals surface area contributed by atoms with Crippen LogP contribution in [0, 0.1) is 0 Å². The lowest BCUT2D eigenvalue weighted by atomic mass is 9.35. The molecule has 0 N–H and O–H groups in total. The second-order valence-corrected chi connectivity index (χ2v) is 31.0. The summed E-state index contributed by atoms with van der Waals surface area (Å²) in [6.45, 7) is -0.142. The molecule has 4 nitrogen and oxygen atoms in total. The molecule has 4 aromatic heterocycles. The first-order valence-electron chi connectivity index (χ1n) is 36.4. The molecule has 0 saturated carbocycles. The van der Waals surface area contributed by atoms with Crippen LogP contribution in [0.25, 0.3) is 118 Å². The molecule has 0 saturated heterocycles. The summed E-state index contributed by atoms with van der Waals surface area (Å²) < 4.78 is 10.3. The van der Waals surface area contributed by atoms with Gasteiger partial charge in [0.15, 0.2) is 0 Å². The smallest absolute Gasteiger partial charge is 0.246 e. The average molecular weight is 1370 g/mol. The van der Waals surface area contributed by atoms with Gasteiger partial charge in [-0.05, 0) is 164 Å². The van der Waals surface area contributed by atoms with E-state index in [2.05, 4.69) is 371 Å². The van der Waals surface area contributed by atoms with Gasteiger partial charge in [0.1, 0.15) is 0 Å². The Kier molecular flexibility index (Phi) is 11.9. The third-order valence-electron chi connectivity index (χ3n) is 23.8. The summed E-state index contributed by atoms with van der Waals surface area (Å²) in [6.07, 6.45) is 0. The summed E-state index contributed by atoms with van der Waals surface area (Å²) in [4.78, 5) is 5.25. The molecule has 6 heterocycles. The highest BCUT2D eigenvalue weighted by atomic mass is 32.1. The van der Waals surface area contributed by atoms with E-state index < -0.39 is 5.41 Å². The minimum absolute atomic E-state index is 0.0708. The van der Waals surface area contributed by atoms with Crippen LogP contribution in [0.4, 0.5) is 34.1 Å². The maximum absolute atomic E-state index is 2.62. The Morgan fingerprint density at radius 2 is 0.629 bits per heavy atom. The van der Waals surface area contributed by atoms with E-state index in [9.17, 15) is 0 Å². The van der Waals surface area contributed by atoms with Gasteiger partial charge in [-0.1, -0.05) is 254 Å². The largest absolute Gasteiger partial charge is 0.311 e. The Hall–Kier alpha value is -12.7. The van der Waals surface area contributed by atoms with Crippen molar-refractivity contribution in [1.29, 1.82) is 0 Å². The topological polar surface area (TPSA) is 16.3 Å². The first-order chi connectivity index (χ1) is 52.1. The number of aromatic nitrogens is 2. The summed E-state index contributed by atoms with van der Waals surface area (Å²) in [5, 5.41) is 10.2. The van der Waals surface area contributed by atoms with E-state index >= 15 is 0 Å². The van der Waals surface area contributed by atoms with E-state index in [0.717, 1.165) is 22.7 Å². The molecular formula is C97H58B2N4S2. The van der Waals surface area contributed by atoms with Gasteiger partial charge >= 0.3 is 0 Å². The summed E-state index contributed by atoms with van der Waals surface area (Å²) in [7, 11) is 0. The quantitative estimate of drug-likeness (QED) is 0.154. The van der Waals surface area contributed by atoms with Crippen molar-refractivity contribution >= 4 is 187 Å². The lowest BCUT2D eigenvalue weighted by Gasteiger charge is -2.40. The lowest BCUT2D eigenvalue weighted by Crippen LogP contribution is -2.57. The maximum atomic E-state index is 2.62. The molecule has 1 atom stereocenters. The number of para-hydroxylation sites is 6. The molecule has 20 aromatic rings. The van der Waals surface area contributed by atoms with E-state index in [1.165, 1.54) is 184 Å². The molecule has 2 aliphatic carbocycles. The molecule has 105 heavy (non-hydrogen) atoms. The van der Waals surface area contributed by atoms with Gasteiger partial charge < -0.3 is 18.9 Å². The van der Waals surface area contributed by atoms with Crippen LogP contribution in [0.1, 0.15) is 22.3 Å². The number of fused-ring (bicyclic) bond motifs is 28. The van der Waals surface area contributed by atoms with Crippen molar-refractivity contribution in [2.75, 3.05) is 9.80 Å². The van der Waals surface area contributed by atoms with Crippen molar-refractivity contribution < 1.29 is 0 Å². The molecule has 16 aromatic carbocycles. The number of hydrogen-bond donors (Lipinski definition) is 0. The average Bonchev–Trinajstić information content (AvgIpc) is 1.48. The number of rotatable bonds is 6. The van der Waals surface area contributed by atoms with Crippen molar-refractivity contribution in [1.82, 2.24) is 9.13 Å². The third kappa shape index (κ3) is 7.81. The van der Waals surface area contributed by atoms with Gasteiger partial charge in [-0.3, -0.25) is 0 Å². The Morgan fingerprint density at radius 1 is 0.238 bits per heavy atom. The van der Waals surface area contributed by atoms with Gasteiger partial charge in [0.25, 0.3) is 0 Å². The standard InChI is InChI=1S/C97H58B2N4S2/c1-5-25-59(26-6-1)98-79-37-17-21-41-85(79)102(61-29-9-3-10-30-61)95-81(98)51-49-77-93(95)73-53-63(100-84-40-20-14-34-66(84)70-57-91-72(56-87(70)100)68-36-16-24-44-90(68)104-91)45-47-75(73)97(77)76-48-46-64(101-83-39-19-13-33-65(83)69-55-71-67-35-15-23-43-89(67)105-92(71)58-88(69)101)54-74(76)94-78(97)50-52-82-96(94)103(62-31-11-4-12-32-62)86-42-22-18-38-80(86)99(82)60-27-7-2-8-28-60/h1-58H. The molecule has 0 amide bonds. The van der Waals surface area contributed by atoms with E-state index in [1.807, 2.05) is 22.7 Å². The molecule has 0 radical (unpaired) electrons. The molecule has 0 fully saturated rings. The summed E-state index contributed by atoms with van der Waals surface area (Å²) in [5.41, 5.74) is 30.8. The fourth-order valence-electron chi connectivity index (χ4n) is 19.7. The van der Waals surface area contributed by atoms with Crippen molar-refractivity contribution in [3.8, 4) is 33.6 Å². The normalized spacial score (nSPS) is 14.6. The molecule has 0 bridgehead atoms. The zero-order valence-electron chi connectivity index (χ0n) is 56.7.